The maximum Gasteiger partial charge on any atom is 0.266 e. The maximum absolute atomic E-state index is 12.4. The van der Waals surface area contributed by atoms with E-state index < -0.39 is 0 Å². The van der Waals surface area contributed by atoms with Crippen LogP contribution in [0.15, 0.2) is 56.8 Å². The number of hydrogen-bond acceptors (Lipinski definition) is 4. The second kappa shape index (κ2) is 6.81. The fourth-order valence-corrected chi connectivity index (χ4v) is 3.35. The Hall–Kier alpha value is -2.71. The SMILES string of the molecule is CCSc1oc(C)cc1-c1cc(-c2ccccc2)[nH]c(=O)c1C#N. The molecule has 0 amide bonds. The molecular weight excluding hydrogens is 320 g/mol. The molecule has 0 fully saturated rings. The van der Waals surface area contributed by atoms with Crippen LogP contribution in [0.4, 0.5) is 0 Å². The number of nitrogens with one attached hydrogen (secondary N) is 1. The first-order valence-electron chi connectivity index (χ1n) is 7.60. The van der Waals surface area contributed by atoms with Crippen molar-refractivity contribution < 1.29 is 4.42 Å². The highest BCUT2D eigenvalue weighted by Crippen LogP contribution is 2.36. The summed E-state index contributed by atoms with van der Waals surface area (Å²) in [5.41, 5.74) is 2.69. The van der Waals surface area contributed by atoms with Crippen LogP contribution in [-0.4, -0.2) is 10.7 Å². The van der Waals surface area contributed by atoms with Gasteiger partial charge in [-0.25, -0.2) is 0 Å². The molecular formula is C19H16N2O2S. The predicted molar refractivity (Wildman–Crippen MR) is 96.1 cm³/mol. The number of pyridine rings is 1. The fraction of sp³-hybridized carbons (Fsp3) is 0.158. The minimum Gasteiger partial charge on any atom is -0.455 e. The molecule has 3 rings (SSSR count). The Morgan fingerprint density at radius 2 is 1.96 bits per heavy atom. The molecule has 0 radical (unpaired) electrons. The second-order valence-corrected chi connectivity index (χ2v) is 6.51. The van der Waals surface area contributed by atoms with Crippen LogP contribution in [-0.2, 0) is 0 Å². The van der Waals surface area contributed by atoms with Crippen LogP contribution in [0.5, 0.6) is 0 Å². The number of nitrogens with zero attached hydrogens (tertiary/aromatic N) is 1. The quantitative estimate of drug-likeness (QED) is 0.707. The summed E-state index contributed by atoms with van der Waals surface area (Å²) in [6, 6.07) is 15.3. The molecule has 2 aromatic heterocycles. The van der Waals surface area contributed by atoms with Crippen molar-refractivity contribution in [1.29, 1.82) is 5.26 Å². The van der Waals surface area contributed by atoms with Crippen molar-refractivity contribution in [1.82, 2.24) is 4.98 Å². The average molecular weight is 336 g/mol. The third-order valence-electron chi connectivity index (χ3n) is 3.62. The summed E-state index contributed by atoms with van der Waals surface area (Å²) in [5, 5.41) is 10.2. The van der Waals surface area contributed by atoms with E-state index in [1.165, 1.54) is 0 Å². The smallest absolute Gasteiger partial charge is 0.266 e. The lowest BCUT2D eigenvalue weighted by Crippen LogP contribution is -2.12. The normalized spacial score (nSPS) is 10.5. The van der Waals surface area contributed by atoms with Crippen molar-refractivity contribution in [3.05, 3.63) is 64.1 Å². The monoisotopic (exact) mass is 336 g/mol. The molecule has 0 aliphatic carbocycles. The predicted octanol–water partition coefficient (Wildman–Crippen LogP) is 4.59. The molecule has 0 bridgehead atoms. The Balaban J connectivity index is 2.26. The van der Waals surface area contributed by atoms with Crippen LogP contribution >= 0.6 is 11.8 Å². The summed E-state index contributed by atoms with van der Waals surface area (Å²) in [5.74, 6) is 1.60. The number of benzene rings is 1. The standard InChI is InChI=1S/C19H16N2O2S/c1-3-24-19-15(9-12(2)23-19)14-10-17(13-7-5-4-6-8-13)21-18(22)16(14)11-20/h4-10H,3H2,1-2H3,(H,21,22). The van der Waals surface area contributed by atoms with E-state index in [4.69, 9.17) is 4.42 Å². The molecule has 1 N–H and O–H groups in total. The van der Waals surface area contributed by atoms with Crippen molar-refractivity contribution in [3.63, 3.8) is 0 Å². The number of nitriles is 1. The van der Waals surface area contributed by atoms with Crippen LogP contribution in [0.25, 0.3) is 22.4 Å². The van der Waals surface area contributed by atoms with E-state index >= 15 is 0 Å². The molecule has 0 aliphatic rings. The maximum atomic E-state index is 12.4. The Morgan fingerprint density at radius 1 is 1.21 bits per heavy atom. The third-order valence-corrected chi connectivity index (χ3v) is 4.47. The van der Waals surface area contributed by atoms with E-state index in [0.717, 1.165) is 27.7 Å². The highest BCUT2D eigenvalue weighted by atomic mass is 32.2. The van der Waals surface area contributed by atoms with Gasteiger partial charge in [-0.1, -0.05) is 49.0 Å². The van der Waals surface area contributed by atoms with Gasteiger partial charge in [0.25, 0.3) is 5.56 Å². The molecule has 0 unspecified atom stereocenters. The number of aryl methyl sites for hydroxylation is 1. The lowest BCUT2D eigenvalue weighted by atomic mass is 10.0. The van der Waals surface area contributed by atoms with Crippen molar-refractivity contribution in [2.75, 3.05) is 5.75 Å². The topological polar surface area (TPSA) is 69.8 Å². The molecule has 120 valence electrons. The average Bonchev–Trinajstić information content (AvgIpc) is 2.95. The third kappa shape index (κ3) is 3.01. The van der Waals surface area contributed by atoms with E-state index in [9.17, 15) is 10.1 Å². The second-order valence-electron chi connectivity index (χ2n) is 5.27. The van der Waals surface area contributed by atoms with Crippen LogP contribution in [0.3, 0.4) is 0 Å². The largest absolute Gasteiger partial charge is 0.455 e. The molecule has 0 aliphatic heterocycles. The van der Waals surface area contributed by atoms with Gasteiger partial charge in [-0.2, -0.15) is 5.26 Å². The minimum absolute atomic E-state index is 0.105. The number of H-pyrrole nitrogens is 1. The van der Waals surface area contributed by atoms with Crippen LogP contribution in [0, 0.1) is 18.3 Å². The van der Waals surface area contributed by atoms with E-state index in [0.29, 0.717) is 11.3 Å². The number of thioether (sulfide) groups is 1. The molecule has 4 nitrogen and oxygen atoms in total. The molecule has 5 heteroatoms. The first-order chi connectivity index (χ1) is 11.6. The molecule has 1 aromatic carbocycles. The van der Waals surface area contributed by atoms with Crippen LogP contribution in [0.2, 0.25) is 0 Å². The summed E-state index contributed by atoms with van der Waals surface area (Å²) in [6.45, 7) is 3.89. The summed E-state index contributed by atoms with van der Waals surface area (Å²) < 4.78 is 5.74. The Morgan fingerprint density at radius 3 is 2.62 bits per heavy atom. The fourth-order valence-electron chi connectivity index (χ4n) is 2.58. The van der Waals surface area contributed by atoms with E-state index in [2.05, 4.69) is 4.98 Å². The number of hydrogen-bond donors (Lipinski definition) is 1. The van der Waals surface area contributed by atoms with Crippen molar-refractivity contribution in [2.24, 2.45) is 0 Å². The first kappa shape index (κ1) is 16.2. The van der Waals surface area contributed by atoms with Gasteiger partial charge in [0.1, 0.15) is 17.4 Å². The molecule has 24 heavy (non-hydrogen) atoms. The minimum atomic E-state index is -0.389. The molecule has 0 spiro atoms. The van der Waals surface area contributed by atoms with Gasteiger partial charge in [0.15, 0.2) is 5.09 Å². The molecule has 3 aromatic rings. The van der Waals surface area contributed by atoms with Gasteiger partial charge in [-0.05, 0) is 30.4 Å². The Bertz CT molecular complexity index is 965. The van der Waals surface area contributed by atoms with Gasteiger partial charge in [0, 0.05) is 16.8 Å². The van der Waals surface area contributed by atoms with Crippen molar-refractivity contribution >= 4 is 11.8 Å². The number of rotatable bonds is 4. The molecule has 0 saturated heterocycles. The van der Waals surface area contributed by atoms with Gasteiger partial charge in [-0.15, -0.1) is 0 Å². The zero-order valence-electron chi connectivity index (χ0n) is 13.4. The van der Waals surface area contributed by atoms with Crippen LogP contribution in [0.1, 0.15) is 18.2 Å². The van der Waals surface area contributed by atoms with Gasteiger partial charge in [0.2, 0.25) is 0 Å². The zero-order valence-corrected chi connectivity index (χ0v) is 14.2. The van der Waals surface area contributed by atoms with Gasteiger partial charge in [0.05, 0.1) is 0 Å². The number of aromatic nitrogens is 1. The Kier molecular flexibility index (Phi) is 4.59. The molecule has 2 heterocycles. The van der Waals surface area contributed by atoms with Crippen molar-refractivity contribution in [3.8, 4) is 28.5 Å². The van der Waals surface area contributed by atoms with Gasteiger partial charge in [-0.3, -0.25) is 4.79 Å². The highest BCUT2D eigenvalue weighted by molar-refractivity contribution is 7.99. The summed E-state index contributed by atoms with van der Waals surface area (Å²) in [4.78, 5) is 15.2. The van der Waals surface area contributed by atoms with E-state index in [-0.39, 0.29) is 11.1 Å². The van der Waals surface area contributed by atoms with Crippen molar-refractivity contribution in [2.45, 2.75) is 18.9 Å². The lowest BCUT2D eigenvalue weighted by Gasteiger charge is -2.07. The van der Waals surface area contributed by atoms with Gasteiger partial charge < -0.3 is 9.40 Å². The number of aromatic amines is 1. The Labute approximate surface area is 144 Å². The van der Waals surface area contributed by atoms with Crippen LogP contribution < -0.4 is 5.56 Å². The molecule has 0 atom stereocenters. The van der Waals surface area contributed by atoms with E-state index in [1.807, 2.05) is 62.4 Å². The summed E-state index contributed by atoms with van der Waals surface area (Å²) in [6.07, 6.45) is 0. The van der Waals surface area contributed by atoms with E-state index in [1.54, 1.807) is 11.8 Å². The zero-order chi connectivity index (χ0) is 17.1. The molecule has 0 saturated carbocycles. The van der Waals surface area contributed by atoms with Gasteiger partial charge >= 0.3 is 0 Å². The first-order valence-corrected chi connectivity index (χ1v) is 8.59. The highest BCUT2D eigenvalue weighted by Gasteiger charge is 2.18. The lowest BCUT2D eigenvalue weighted by molar-refractivity contribution is 0.450. The number of furan rings is 1. The summed E-state index contributed by atoms with van der Waals surface area (Å²) >= 11 is 1.56. The summed E-state index contributed by atoms with van der Waals surface area (Å²) in [7, 11) is 0.